The van der Waals surface area contributed by atoms with E-state index in [1.54, 1.807) is 0 Å². The van der Waals surface area contributed by atoms with Gasteiger partial charge in [-0.15, -0.1) is 0 Å². The van der Waals surface area contributed by atoms with E-state index < -0.39 is 6.10 Å². The average molecular weight is 182 g/mol. The largest absolute Gasteiger partial charge is 0.396 e. The first-order valence-electron chi connectivity index (χ1n) is 4.68. The zero-order valence-corrected chi connectivity index (χ0v) is 8.27. The van der Waals surface area contributed by atoms with Gasteiger partial charge in [0.25, 0.3) is 0 Å². The van der Waals surface area contributed by atoms with Gasteiger partial charge in [-0.1, -0.05) is 44.2 Å². The molecule has 0 aliphatic carbocycles. The first-order valence-corrected chi connectivity index (χ1v) is 4.68. The number of rotatable bonds is 3. The molecule has 0 amide bonds. The van der Waals surface area contributed by atoms with Crippen molar-refractivity contribution in [2.24, 2.45) is 0 Å². The van der Waals surface area contributed by atoms with Gasteiger partial charge in [0.05, 0.1) is 6.10 Å². The molecule has 1 unspecified atom stereocenters. The second kappa shape index (κ2) is 7.77. The predicted molar refractivity (Wildman–Crippen MR) is 54.5 cm³/mol. The van der Waals surface area contributed by atoms with Crippen LogP contribution in [0.4, 0.5) is 0 Å². The van der Waals surface area contributed by atoms with Crippen LogP contribution in [0.1, 0.15) is 31.9 Å². The van der Waals surface area contributed by atoms with E-state index in [-0.39, 0.29) is 6.61 Å². The molecule has 1 aromatic rings. The highest BCUT2D eigenvalue weighted by atomic mass is 16.3. The molecule has 0 bridgehead atoms. The van der Waals surface area contributed by atoms with Crippen LogP contribution in [0.5, 0.6) is 0 Å². The van der Waals surface area contributed by atoms with E-state index in [4.69, 9.17) is 5.11 Å². The molecule has 0 aliphatic rings. The molecule has 0 radical (unpaired) electrons. The SMILES string of the molecule is CC.OCCC(O)c1ccccc1. The maximum absolute atomic E-state index is 9.36. The summed E-state index contributed by atoms with van der Waals surface area (Å²) < 4.78 is 0. The molecule has 13 heavy (non-hydrogen) atoms. The van der Waals surface area contributed by atoms with Gasteiger partial charge in [0.2, 0.25) is 0 Å². The summed E-state index contributed by atoms with van der Waals surface area (Å²) in [5.41, 5.74) is 0.863. The predicted octanol–water partition coefficient (Wildman–Crippen LogP) is 2.13. The first-order chi connectivity index (χ1) is 6.34. The summed E-state index contributed by atoms with van der Waals surface area (Å²) in [6.07, 6.45) is -0.120. The first kappa shape index (κ1) is 12.1. The summed E-state index contributed by atoms with van der Waals surface area (Å²) in [5, 5.41) is 17.9. The standard InChI is InChI=1S/C9H12O2.C2H6/c10-7-6-9(11)8-4-2-1-3-5-8;1-2/h1-5,9-11H,6-7H2;1-2H3. The highest BCUT2D eigenvalue weighted by Gasteiger charge is 2.03. The molecule has 2 N–H and O–H groups in total. The molecule has 0 saturated heterocycles. The third kappa shape index (κ3) is 4.65. The Morgan fingerprint density at radius 1 is 1.15 bits per heavy atom. The molecule has 74 valence electrons. The Hall–Kier alpha value is -0.860. The Balaban J connectivity index is 0.000000671. The summed E-state index contributed by atoms with van der Waals surface area (Å²) in [7, 11) is 0. The molecule has 0 saturated carbocycles. The van der Waals surface area contributed by atoms with Crippen molar-refractivity contribution >= 4 is 0 Å². The van der Waals surface area contributed by atoms with Crippen molar-refractivity contribution in [3.05, 3.63) is 35.9 Å². The number of benzene rings is 1. The third-order valence-electron chi connectivity index (χ3n) is 1.59. The molecule has 0 spiro atoms. The Morgan fingerprint density at radius 2 is 1.69 bits per heavy atom. The summed E-state index contributed by atoms with van der Waals surface area (Å²) in [4.78, 5) is 0. The summed E-state index contributed by atoms with van der Waals surface area (Å²) in [6, 6.07) is 9.33. The lowest BCUT2D eigenvalue weighted by Crippen LogP contribution is -1.99. The van der Waals surface area contributed by atoms with Crippen molar-refractivity contribution in [1.29, 1.82) is 0 Å². The van der Waals surface area contributed by atoms with E-state index in [1.165, 1.54) is 0 Å². The minimum absolute atomic E-state index is 0.0239. The minimum Gasteiger partial charge on any atom is -0.396 e. The number of aliphatic hydroxyl groups excluding tert-OH is 2. The van der Waals surface area contributed by atoms with E-state index in [0.29, 0.717) is 6.42 Å². The van der Waals surface area contributed by atoms with Crippen LogP contribution in [-0.4, -0.2) is 16.8 Å². The highest BCUT2D eigenvalue weighted by molar-refractivity contribution is 5.16. The van der Waals surface area contributed by atoms with Crippen LogP contribution in [0, 0.1) is 0 Å². The van der Waals surface area contributed by atoms with Crippen molar-refractivity contribution in [2.75, 3.05) is 6.61 Å². The van der Waals surface area contributed by atoms with Crippen LogP contribution in [0.3, 0.4) is 0 Å². The Morgan fingerprint density at radius 3 is 2.15 bits per heavy atom. The van der Waals surface area contributed by atoms with Gasteiger partial charge in [0.1, 0.15) is 0 Å². The van der Waals surface area contributed by atoms with Gasteiger partial charge < -0.3 is 10.2 Å². The fourth-order valence-corrected chi connectivity index (χ4v) is 0.964. The van der Waals surface area contributed by atoms with Gasteiger partial charge in [-0.05, 0) is 5.56 Å². The normalized spacial score (nSPS) is 11.4. The Kier molecular flexibility index (Phi) is 7.26. The maximum Gasteiger partial charge on any atom is 0.0811 e. The van der Waals surface area contributed by atoms with Crippen LogP contribution in [0.15, 0.2) is 30.3 Å². The van der Waals surface area contributed by atoms with E-state index >= 15 is 0 Å². The Labute approximate surface area is 79.9 Å². The van der Waals surface area contributed by atoms with Crippen molar-refractivity contribution in [3.8, 4) is 0 Å². The topological polar surface area (TPSA) is 40.5 Å². The molecule has 0 heterocycles. The molecular weight excluding hydrogens is 164 g/mol. The number of aliphatic hydroxyl groups is 2. The maximum atomic E-state index is 9.36. The van der Waals surface area contributed by atoms with Crippen LogP contribution in [0.2, 0.25) is 0 Å². The molecule has 0 aromatic heterocycles. The fraction of sp³-hybridized carbons (Fsp3) is 0.455. The molecule has 2 heteroatoms. The van der Waals surface area contributed by atoms with E-state index in [9.17, 15) is 5.11 Å². The van der Waals surface area contributed by atoms with E-state index in [2.05, 4.69) is 0 Å². The fourth-order valence-electron chi connectivity index (χ4n) is 0.964. The van der Waals surface area contributed by atoms with Crippen molar-refractivity contribution in [1.82, 2.24) is 0 Å². The highest BCUT2D eigenvalue weighted by Crippen LogP contribution is 2.14. The van der Waals surface area contributed by atoms with Gasteiger partial charge in [-0.25, -0.2) is 0 Å². The Bertz CT molecular complexity index is 197. The smallest absolute Gasteiger partial charge is 0.0811 e. The van der Waals surface area contributed by atoms with Crippen LogP contribution in [-0.2, 0) is 0 Å². The van der Waals surface area contributed by atoms with Gasteiger partial charge in [0, 0.05) is 13.0 Å². The van der Waals surface area contributed by atoms with Crippen molar-refractivity contribution in [3.63, 3.8) is 0 Å². The molecule has 0 aliphatic heterocycles. The quantitative estimate of drug-likeness (QED) is 0.751. The summed E-state index contributed by atoms with van der Waals surface area (Å²) in [5.74, 6) is 0. The average Bonchev–Trinajstić information content (AvgIpc) is 2.23. The molecule has 0 fully saturated rings. The van der Waals surface area contributed by atoms with Crippen LogP contribution >= 0.6 is 0 Å². The van der Waals surface area contributed by atoms with Crippen LogP contribution in [0.25, 0.3) is 0 Å². The second-order valence-corrected chi connectivity index (χ2v) is 2.44. The minimum atomic E-state index is -0.527. The lowest BCUT2D eigenvalue weighted by atomic mass is 10.1. The summed E-state index contributed by atoms with van der Waals surface area (Å²) in [6.45, 7) is 4.02. The van der Waals surface area contributed by atoms with Gasteiger partial charge >= 0.3 is 0 Å². The van der Waals surface area contributed by atoms with Gasteiger partial charge in [-0.2, -0.15) is 0 Å². The molecule has 1 aromatic carbocycles. The van der Waals surface area contributed by atoms with Gasteiger partial charge in [-0.3, -0.25) is 0 Å². The van der Waals surface area contributed by atoms with Crippen molar-refractivity contribution < 1.29 is 10.2 Å². The molecular formula is C11H18O2. The monoisotopic (exact) mass is 182 g/mol. The zero-order chi connectivity index (χ0) is 10.1. The zero-order valence-electron chi connectivity index (χ0n) is 8.27. The molecule has 1 rings (SSSR count). The van der Waals surface area contributed by atoms with E-state index in [0.717, 1.165) is 5.56 Å². The third-order valence-corrected chi connectivity index (χ3v) is 1.59. The van der Waals surface area contributed by atoms with Crippen molar-refractivity contribution in [2.45, 2.75) is 26.4 Å². The second-order valence-electron chi connectivity index (χ2n) is 2.44. The van der Waals surface area contributed by atoms with Crippen LogP contribution < -0.4 is 0 Å². The summed E-state index contributed by atoms with van der Waals surface area (Å²) >= 11 is 0. The lowest BCUT2D eigenvalue weighted by Gasteiger charge is -2.07. The van der Waals surface area contributed by atoms with Gasteiger partial charge in [0.15, 0.2) is 0 Å². The number of hydrogen-bond donors (Lipinski definition) is 2. The molecule has 2 nitrogen and oxygen atoms in total. The number of hydrogen-bond acceptors (Lipinski definition) is 2. The lowest BCUT2D eigenvalue weighted by molar-refractivity contribution is 0.134. The van der Waals surface area contributed by atoms with E-state index in [1.807, 2.05) is 44.2 Å². The molecule has 1 atom stereocenters.